The molecule has 2 aromatic heterocycles. The average molecular weight is 355 g/mol. The molecular formula is C20H22FN3O2. The van der Waals surface area contributed by atoms with Gasteiger partial charge in [0.1, 0.15) is 5.82 Å². The number of nitrogens with zero attached hydrogens (tertiary/aromatic N) is 1. The molecule has 2 unspecified atom stereocenters. The van der Waals surface area contributed by atoms with E-state index in [1.54, 1.807) is 24.4 Å². The molecule has 0 aliphatic carbocycles. The summed E-state index contributed by atoms with van der Waals surface area (Å²) in [5.74, 6) is -0.0896. The number of aromatic amines is 1. The van der Waals surface area contributed by atoms with Crippen molar-refractivity contribution in [3.8, 4) is 0 Å². The first kappa shape index (κ1) is 17.0. The molecular weight excluding hydrogens is 333 g/mol. The highest BCUT2D eigenvalue weighted by molar-refractivity contribution is 5.83. The Hall–Kier alpha value is -2.44. The molecule has 3 aromatic rings. The molecule has 136 valence electrons. The SMILES string of the molecule is CC(c1cn(Cc2ccc(F)cc2)c2c[nH]c(=O)cc12)C1CNCCO1. The van der Waals surface area contributed by atoms with Crippen molar-refractivity contribution < 1.29 is 9.13 Å². The molecule has 0 spiro atoms. The number of hydrogen-bond donors (Lipinski definition) is 2. The first-order valence-electron chi connectivity index (χ1n) is 8.90. The second-order valence-electron chi connectivity index (χ2n) is 6.84. The Morgan fingerprint density at radius 1 is 1.35 bits per heavy atom. The number of rotatable bonds is 4. The number of nitrogens with one attached hydrogen (secondary N) is 2. The number of aromatic nitrogens is 2. The van der Waals surface area contributed by atoms with E-state index in [1.165, 1.54) is 12.1 Å². The summed E-state index contributed by atoms with van der Waals surface area (Å²) in [6.45, 7) is 5.11. The van der Waals surface area contributed by atoms with Gasteiger partial charge >= 0.3 is 0 Å². The summed E-state index contributed by atoms with van der Waals surface area (Å²) in [6.07, 6.45) is 3.91. The van der Waals surface area contributed by atoms with Crippen molar-refractivity contribution >= 4 is 10.9 Å². The fraction of sp³-hybridized carbons (Fsp3) is 0.350. The van der Waals surface area contributed by atoms with Crippen LogP contribution in [0.2, 0.25) is 0 Å². The Bertz CT molecular complexity index is 955. The average Bonchev–Trinajstić information content (AvgIpc) is 3.01. The highest BCUT2D eigenvalue weighted by Crippen LogP contribution is 2.30. The molecule has 0 radical (unpaired) electrons. The van der Waals surface area contributed by atoms with Gasteiger partial charge in [0.05, 0.1) is 18.2 Å². The Morgan fingerprint density at radius 2 is 2.15 bits per heavy atom. The molecule has 26 heavy (non-hydrogen) atoms. The number of ether oxygens (including phenoxy) is 1. The Kier molecular flexibility index (Phi) is 4.61. The lowest BCUT2D eigenvalue weighted by Crippen LogP contribution is -2.41. The number of hydrogen-bond acceptors (Lipinski definition) is 3. The number of benzene rings is 1. The Balaban J connectivity index is 1.74. The molecule has 1 fully saturated rings. The van der Waals surface area contributed by atoms with Gasteiger partial charge in [-0.2, -0.15) is 0 Å². The van der Waals surface area contributed by atoms with Gasteiger partial charge in [0, 0.05) is 49.4 Å². The minimum Gasteiger partial charge on any atom is -0.375 e. The van der Waals surface area contributed by atoms with E-state index in [4.69, 9.17) is 4.74 Å². The van der Waals surface area contributed by atoms with Crippen LogP contribution in [0, 0.1) is 5.82 Å². The summed E-state index contributed by atoms with van der Waals surface area (Å²) in [7, 11) is 0. The minimum atomic E-state index is -0.244. The lowest BCUT2D eigenvalue weighted by molar-refractivity contribution is 0.0149. The van der Waals surface area contributed by atoms with Crippen LogP contribution in [0.3, 0.4) is 0 Å². The van der Waals surface area contributed by atoms with Gasteiger partial charge in [0.25, 0.3) is 0 Å². The zero-order chi connectivity index (χ0) is 18.1. The van der Waals surface area contributed by atoms with E-state index < -0.39 is 0 Å². The number of morpholine rings is 1. The summed E-state index contributed by atoms with van der Waals surface area (Å²) in [6, 6.07) is 8.15. The molecule has 1 aliphatic rings. The van der Waals surface area contributed by atoms with Crippen molar-refractivity contribution in [2.75, 3.05) is 19.7 Å². The molecule has 0 bridgehead atoms. The van der Waals surface area contributed by atoms with E-state index in [-0.39, 0.29) is 23.4 Å². The number of halogens is 1. The molecule has 6 heteroatoms. The predicted octanol–water partition coefficient (Wildman–Crippen LogP) is 2.61. The van der Waals surface area contributed by atoms with E-state index in [1.807, 2.05) is 0 Å². The van der Waals surface area contributed by atoms with Crippen LogP contribution in [0.1, 0.15) is 24.0 Å². The largest absolute Gasteiger partial charge is 0.375 e. The van der Waals surface area contributed by atoms with Gasteiger partial charge < -0.3 is 19.6 Å². The maximum absolute atomic E-state index is 13.2. The van der Waals surface area contributed by atoms with Gasteiger partial charge in [0.15, 0.2) is 0 Å². The molecule has 4 rings (SSSR count). The number of fused-ring (bicyclic) bond motifs is 1. The topological polar surface area (TPSA) is 59.0 Å². The summed E-state index contributed by atoms with van der Waals surface area (Å²) in [4.78, 5) is 14.7. The first-order chi connectivity index (χ1) is 12.6. The van der Waals surface area contributed by atoms with Gasteiger partial charge in [0.2, 0.25) is 5.56 Å². The van der Waals surface area contributed by atoms with Crippen LogP contribution >= 0.6 is 0 Å². The van der Waals surface area contributed by atoms with Gasteiger partial charge in [-0.25, -0.2) is 4.39 Å². The molecule has 5 nitrogen and oxygen atoms in total. The maximum Gasteiger partial charge on any atom is 0.248 e. The van der Waals surface area contributed by atoms with Crippen LogP contribution in [-0.4, -0.2) is 35.4 Å². The van der Waals surface area contributed by atoms with Crippen molar-refractivity contribution in [3.05, 3.63) is 70.0 Å². The van der Waals surface area contributed by atoms with E-state index in [2.05, 4.69) is 28.0 Å². The third-order valence-electron chi connectivity index (χ3n) is 5.09. The summed E-state index contributed by atoms with van der Waals surface area (Å²) >= 11 is 0. The van der Waals surface area contributed by atoms with Gasteiger partial charge in [-0.3, -0.25) is 4.79 Å². The molecule has 0 saturated carbocycles. The summed E-state index contributed by atoms with van der Waals surface area (Å²) in [5, 5.41) is 4.30. The molecule has 2 atom stereocenters. The minimum absolute atomic E-state index is 0.0768. The summed E-state index contributed by atoms with van der Waals surface area (Å²) < 4.78 is 21.2. The Labute approximate surface area is 150 Å². The standard InChI is InChI=1S/C20H22FN3O2/c1-13(19-10-22-6-7-26-19)17-12-24(11-14-2-4-15(21)5-3-14)18-9-23-20(25)8-16(17)18/h2-5,8-9,12-13,19,22H,6-7,10-11H2,1H3,(H,23,25). The fourth-order valence-electron chi connectivity index (χ4n) is 3.63. The highest BCUT2D eigenvalue weighted by Gasteiger charge is 2.25. The first-order valence-corrected chi connectivity index (χ1v) is 8.90. The van der Waals surface area contributed by atoms with Gasteiger partial charge in [-0.05, 0) is 23.3 Å². The number of pyridine rings is 1. The zero-order valence-corrected chi connectivity index (χ0v) is 14.7. The summed E-state index contributed by atoms with van der Waals surface area (Å²) in [5.41, 5.74) is 2.94. The molecule has 1 aliphatic heterocycles. The molecule has 1 saturated heterocycles. The highest BCUT2D eigenvalue weighted by atomic mass is 19.1. The van der Waals surface area contributed by atoms with Crippen molar-refractivity contribution in [1.82, 2.24) is 14.9 Å². The van der Waals surface area contributed by atoms with Crippen molar-refractivity contribution in [2.45, 2.75) is 25.5 Å². The van der Waals surface area contributed by atoms with E-state index >= 15 is 0 Å². The molecule has 0 amide bonds. The normalized spacial score (nSPS) is 18.9. The van der Waals surface area contributed by atoms with Crippen LogP contribution in [0.4, 0.5) is 4.39 Å². The molecule has 2 N–H and O–H groups in total. The second-order valence-corrected chi connectivity index (χ2v) is 6.84. The van der Waals surface area contributed by atoms with E-state index in [9.17, 15) is 9.18 Å². The lowest BCUT2D eigenvalue weighted by Gasteiger charge is -2.28. The lowest BCUT2D eigenvalue weighted by atomic mass is 9.94. The van der Waals surface area contributed by atoms with Crippen LogP contribution in [0.5, 0.6) is 0 Å². The van der Waals surface area contributed by atoms with Crippen molar-refractivity contribution in [3.63, 3.8) is 0 Å². The predicted molar refractivity (Wildman–Crippen MR) is 99.1 cm³/mol. The van der Waals surface area contributed by atoms with E-state index in [0.29, 0.717) is 13.2 Å². The van der Waals surface area contributed by atoms with Gasteiger partial charge in [-0.15, -0.1) is 0 Å². The quantitative estimate of drug-likeness (QED) is 0.756. The van der Waals surface area contributed by atoms with Gasteiger partial charge in [-0.1, -0.05) is 19.1 Å². The monoisotopic (exact) mass is 355 g/mol. The third kappa shape index (κ3) is 3.30. The molecule has 1 aromatic carbocycles. The number of H-pyrrole nitrogens is 1. The third-order valence-corrected chi connectivity index (χ3v) is 5.09. The van der Waals surface area contributed by atoms with E-state index in [0.717, 1.165) is 35.1 Å². The zero-order valence-electron chi connectivity index (χ0n) is 14.7. The van der Waals surface area contributed by atoms with Crippen LogP contribution < -0.4 is 10.9 Å². The molecule has 3 heterocycles. The maximum atomic E-state index is 13.2. The van der Waals surface area contributed by atoms with Crippen molar-refractivity contribution in [2.24, 2.45) is 0 Å². The van der Waals surface area contributed by atoms with Crippen LogP contribution in [0.15, 0.2) is 47.5 Å². The van der Waals surface area contributed by atoms with Crippen LogP contribution in [-0.2, 0) is 11.3 Å². The van der Waals surface area contributed by atoms with Crippen molar-refractivity contribution in [1.29, 1.82) is 0 Å². The smallest absolute Gasteiger partial charge is 0.248 e. The fourth-order valence-corrected chi connectivity index (χ4v) is 3.63. The van der Waals surface area contributed by atoms with Crippen LogP contribution in [0.25, 0.3) is 10.9 Å². The second kappa shape index (κ2) is 7.05. The Morgan fingerprint density at radius 3 is 2.88 bits per heavy atom.